The molecule has 2 aromatic carbocycles. The van der Waals surface area contributed by atoms with Crippen LogP contribution in [0.3, 0.4) is 0 Å². The number of halogens is 2. The average Bonchev–Trinajstić information content (AvgIpc) is 3.33. The van der Waals surface area contributed by atoms with Crippen molar-refractivity contribution in [1.29, 1.82) is 0 Å². The molecule has 33 heavy (non-hydrogen) atoms. The molecule has 0 spiro atoms. The predicted molar refractivity (Wildman–Crippen MR) is 114 cm³/mol. The Morgan fingerprint density at radius 3 is 2.45 bits per heavy atom. The number of aliphatic hydroxyl groups is 1. The van der Waals surface area contributed by atoms with E-state index in [2.05, 4.69) is 25.3 Å². The van der Waals surface area contributed by atoms with E-state index in [0.717, 1.165) is 12.1 Å². The summed E-state index contributed by atoms with van der Waals surface area (Å²) in [5.74, 6) is -1.48. The van der Waals surface area contributed by atoms with Crippen LogP contribution in [-0.4, -0.2) is 30.4 Å². The molecule has 0 saturated heterocycles. The zero-order valence-corrected chi connectivity index (χ0v) is 17.5. The Morgan fingerprint density at radius 2 is 1.82 bits per heavy atom. The zero-order valence-electron chi connectivity index (χ0n) is 17.5. The number of aryl methyl sites for hydroxylation is 2. The largest absolute Gasteiger partial charge is 0.374 e. The highest BCUT2D eigenvalue weighted by Gasteiger charge is 2.42. The first-order valence-corrected chi connectivity index (χ1v) is 9.95. The Labute approximate surface area is 184 Å². The molecule has 0 amide bonds. The quantitative estimate of drug-likeness (QED) is 0.386. The fraction of sp³-hybridized carbons (Fsp3) is 0.130. The molecule has 3 aromatic heterocycles. The Hall–Kier alpha value is -4.18. The van der Waals surface area contributed by atoms with Crippen molar-refractivity contribution in [2.24, 2.45) is 0 Å². The van der Waals surface area contributed by atoms with Crippen molar-refractivity contribution in [2.75, 3.05) is 0 Å². The van der Waals surface area contributed by atoms with Gasteiger partial charge < -0.3 is 19.6 Å². The number of imidazole rings is 1. The molecule has 0 aliphatic heterocycles. The first-order chi connectivity index (χ1) is 15.8. The average molecular weight is 449 g/mol. The van der Waals surface area contributed by atoms with Gasteiger partial charge in [-0.2, -0.15) is 10.2 Å². The molecule has 3 N–H and O–H groups in total. The van der Waals surface area contributed by atoms with Gasteiger partial charge in [0.1, 0.15) is 23.1 Å². The molecule has 166 valence electrons. The minimum Gasteiger partial charge on any atom is -0.374 e. The number of H-pyrrole nitrogens is 2. The summed E-state index contributed by atoms with van der Waals surface area (Å²) in [7, 11) is 0. The summed E-state index contributed by atoms with van der Waals surface area (Å²) in [5, 5.41) is 23.8. The Kier molecular flexibility index (Phi) is 4.68. The molecular formula is C23H17F2N5O3. The lowest BCUT2D eigenvalue weighted by molar-refractivity contribution is 0.112. The van der Waals surface area contributed by atoms with Crippen LogP contribution in [0.1, 0.15) is 28.3 Å². The lowest BCUT2D eigenvalue weighted by Gasteiger charge is -2.30. The van der Waals surface area contributed by atoms with Gasteiger partial charge in [0.05, 0.1) is 22.3 Å². The molecule has 1 atom stereocenters. The molecule has 5 rings (SSSR count). The van der Waals surface area contributed by atoms with Gasteiger partial charge in [0, 0.05) is 17.3 Å². The number of fused-ring (bicyclic) bond motifs is 1. The molecule has 0 radical (unpaired) electrons. The van der Waals surface area contributed by atoms with Gasteiger partial charge in [-0.05, 0) is 55.8 Å². The van der Waals surface area contributed by atoms with Gasteiger partial charge in [-0.25, -0.2) is 13.6 Å². The van der Waals surface area contributed by atoms with Gasteiger partial charge >= 0.3 is 5.69 Å². The van der Waals surface area contributed by atoms with Crippen molar-refractivity contribution in [3.63, 3.8) is 0 Å². The smallest absolute Gasteiger partial charge is 0.323 e. The van der Waals surface area contributed by atoms with Gasteiger partial charge in [-0.15, -0.1) is 0 Å². The van der Waals surface area contributed by atoms with Crippen LogP contribution >= 0.6 is 0 Å². The Morgan fingerprint density at radius 1 is 1.06 bits per heavy atom. The normalized spacial score (nSPS) is 13.4. The van der Waals surface area contributed by atoms with Crippen LogP contribution in [0.5, 0.6) is 0 Å². The number of aromatic amines is 2. The lowest BCUT2D eigenvalue weighted by Crippen LogP contribution is -2.33. The van der Waals surface area contributed by atoms with Crippen LogP contribution in [0.2, 0.25) is 0 Å². The highest BCUT2D eigenvalue weighted by molar-refractivity contribution is 5.87. The fourth-order valence-corrected chi connectivity index (χ4v) is 4.21. The molecule has 8 nitrogen and oxygen atoms in total. The van der Waals surface area contributed by atoms with E-state index in [4.69, 9.17) is 4.52 Å². The Bertz CT molecular complexity index is 1520. The van der Waals surface area contributed by atoms with Crippen LogP contribution in [0.15, 0.2) is 58.0 Å². The van der Waals surface area contributed by atoms with E-state index in [1.165, 1.54) is 30.5 Å². The molecular weight excluding hydrogens is 432 g/mol. The second-order valence-corrected chi connectivity index (χ2v) is 7.64. The third-order valence-electron chi connectivity index (χ3n) is 5.60. The lowest BCUT2D eigenvalue weighted by atomic mass is 9.80. The Balaban J connectivity index is 1.95. The fourth-order valence-electron chi connectivity index (χ4n) is 4.21. The second kappa shape index (κ2) is 7.45. The first kappa shape index (κ1) is 20.7. The van der Waals surface area contributed by atoms with E-state index in [1.54, 1.807) is 19.9 Å². The molecule has 10 heteroatoms. The summed E-state index contributed by atoms with van der Waals surface area (Å²) in [6.45, 7) is 3.45. The minimum atomic E-state index is -2.44. The molecule has 1 unspecified atom stereocenters. The predicted octanol–water partition coefficient (Wildman–Crippen LogP) is 3.48. The zero-order chi connectivity index (χ0) is 23.3. The molecule has 0 aliphatic carbocycles. The number of nitrogens with zero attached hydrogens (tertiary/aromatic N) is 3. The van der Waals surface area contributed by atoms with Crippen molar-refractivity contribution < 1.29 is 18.4 Å². The molecule has 0 bridgehead atoms. The maximum Gasteiger partial charge on any atom is 0.323 e. The van der Waals surface area contributed by atoms with Crippen molar-refractivity contribution in [3.8, 4) is 11.1 Å². The van der Waals surface area contributed by atoms with Crippen LogP contribution in [0, 0.1) is 25.5 Å². The van der Waals surface area contributed by atoms with Crippen molar-refractivity contribution in [1.82, 2.24) is 25.3 Å². The number of nitrogens with one attached hydrogen (secondary N) is 2. The minimum absolute atomic E-state index is 0.00199. The summed E-state index contributed by atoms with van der Waals surface area (Å²) >= 11 is 0. The molecule has 3 heterocycles. The standard InChI is InChI=1S/C23H17F2N5O3/c1-11-19(12(2)33-30-11)13-9-14(21-17(10-13)27-22(31)28-21)23(32,18-7-4-8-26-29-18)20-15(24)5-3-6-16(20)25/h3-10,32H,1-2H3,(H2,27,28,31). The second-order valence-electron chi connectivity index (χ2n) is 7.64. The highest BCUT2D eigenvalue weighted by atomic mass is 19.1. The summed E-state index contributed by atoms with van der Waals surface area (Å²) in [5.41, 5.74) is -1.61. The van der Waals surface area contributed by atoms with Crippen LogP contribution in [0.4, 0.5) is 8.78 Å². The van der Waals surface area contributed by atoms with Gasteiger partial charge in [0.15, 0.2) is 5.60 Å². The highest BCUT2D eigenvalue weighted by Crippen LogP contribution is 2.42. The summed E-state index contributed by atoms with van der Waals surface area (Å²) in [6, 6.07) is 9.35. The van der Waals surface area contributed by atoms with Crippen molar-refractivity contribution in [3.05, 3.63) is 99.1 Å². The van der Waals surface area contributed by atoms with Gasteiger partial charge in [0.2, 0.25) is 0 Å². The maximum atomic E-state index is 15.1. The SMILES string of the molecule is Cc1noc(C)c1-c1cc(C(O)(c2cccnn2)c2c(F)cccc2F)c2[nH]c(=O)[nH]c2c1. The summed E-state index contributed by atoms with van der Waals surface area (Å²) in [6.07, 6.45) is 1.37. The first-order valence-electron chi connectivity index (χ1n) is 9.95. The third-order valence-corrected chi connectivity index (χ3v) is 5.60. The number of hydrogen-bond donors (Lipinski definition) is 3. The third kappa shape index (κ3) is 3.14. The van der Waals surface area contributed by atoms with Crippen molar-refractivity contribution in [2.45, 2.75) is 19.4 Å². The molecule has 5 aromatic rings. The topological polar surface area (TPSA) is 121 Å². The summed E-state index contributed by atoms with van der Waals surface area (Å²) in [4.78, 5) is 17.5. The molecule has 0 saturated carbocycles. The van der Waals surface area contributed by atoms with Crippen molar-refractivity contribution >= 4 is 11.0 Å². The maximum absolute atomic E-state index is 15.1. The summed E-state index contributed by atoms with van der Waals surface area (Å²) < 4.78 is 35.4. The van der Waals surface area contributed by atoms with E-state index in [1.807, 2.05) is 0 Å². The number of hydrogen-bond acceptors (Lipinski definition) is 6. The molecule has 0 fully saturated rings. The molecule has 0 aliphatic rings. The van der Waals surface area contributed by atoms with E-state index in [0.29, 0.717) is 28.1 Å². The van der Waals surface area contributed by atoms with Crippen LogP contribution < -0.4 is 5.69 Å². The van der Waals surface area contributed by atoms with E-state index in [9.17, 15) is 9.90 Å². The van der Waals surface area contributed by atoms with E-state index in [-0.39, 0.29) is 16.8 Å². The van der Waals surface area contributed by atoms with E-state index < -0.39 is 28.5 Å². The van der Waals surface area contributed by atoms with Crippen LogP contribution in [-0.2, 0) is 5.60 Å². The number of rotatable bonds is 4. The number of aromatic nitrogens is 5. The number of benzene rings is 2. The van der Waals surface area contributed by atoms with Gasteiger partial charge in [-0.1, -0.05) is 11.2 Å². The van der Waals surface area contributed by atoms with Gasteiger partial charge in [-0.3, -0.25) is 0 Å². The van der Waals surface area contributed by atoms with Crippen LogP contribution in [0.25, 0.3) is 22.2 Å². The van der Waals surface area contributed by atoms with Gasteiger partial charge in [0.25, 0.3) is 0 Å². The van der Waals surface area contributed by atoms with E-state index >= 15 is 8.78 Å². The monoisotopic (exact) mass is 449 g/mol.